The number of carboxylic acids is 1. The molecule has 3 aromatic rings. The van der Waals surface area contributed by atoms with Crippen LogP contribution in [0.5, 0.6) is 0 Å². The van der Waals surface area contributed by atoms with Gasteiger partial charge in [0.05, 0.1) is 24.5 Å². The van der Waals surface area contributed by atoms with Crippen molar-refractivity contribution in [2.75, 3.05) is 6.54 Å². The molecule has 3 atom stereocenters. The Bertz CT molecular complexity index is 1120. The molecule has 1 fully saturated rings. The van der Waals surface area contributed by atoms with Crippen LogP contribution >= 0.6 is 0 Å². The van der Waals surface area contributed by atoms with Crippen LogP contribution in [0.25, 0.3) is 0 Å². The standard InChI is InChI=1S/C23H22N4O4/c1-15(17-10-6-3-7-11-17)26-20-18(12-24-26)19-13-25(21(20)22(28)29)23(30)27(19)31-14-16-8-4-2-5-9-16/h2-12,15,19,21H,13-14H2,1H3,(H,28,29). The van der Waals surface area contributed by atoms with E-state index in [1.807, 2.05) is 67.6 Å². The van der Waals surface area contributed by atoms with Gasteiger partial charge in [0, 0.05) is 5.56 Å². The third-order valence-corrected chi connectivity index (χ3v) is 5.98. The van der Waals surface area contributed by atoms with Gasteiger partial charge in [-0.25, -0.2) is 9.59 Å². The van der Waals surface area contributed by atoms with Crippen LogP contribution in [0.2, 0.25) is 0 Å². The molecule has 2 bridgehead atoms. The summed E-state index contributed by atoms with van der Waals surface area (Å²) in [6.45, 7) is 2.44. The van der Waals surface area contributed by atoms with Gasteiger partial charge in [-0.15, -0.1) is 0 Å². The van der Waals surface area contributed by atoms with Crippen molar-refractivity contribution in [2.24, 2.45) is 0 Å². The van der Waals surface area contributed by atoms with Gasteiger partial charge in [0.2, 0.25) is 0 Å². The van der Waals surface area contributed by atoms with Crippen molar-refractivity contribution in [1.82, 2.24) is 19.7 Å². The summed E-state index contributed by atoms with van der Waals surface area (Å²) in [4.78, 5) is 32.6. The van der Waals surface area contributed by atoms with Crippen LogP contribution in [-0.2, 0) is 16.2 Å². The van der Waals surface area contributed by atoms with E-state index in [0.717, 1.165) is 11.1 Å². The average Bonchev–Trinajstić information content (AvgIpc) is 3.34. The fourth-order valence-corrected chi connectivity index (χ4v) is 4.41. The predicted octanol–water partition coefficient (Wildman–Crippen LogP) is 3.54. The number of nitrogens with zero attached hydrogens (tertiary/aromatic N) is 4. The normalized spacial score (nSPS) is 20.6. The van der Waals surface area contributed by atoms with Crippen LogP contribution in [0, 0.1) is 0 Å². The first-order chi connectivity index (χ1) is 15.1. The van der Waals surface area contributed by atoms with Gasteiger partial charge in [0.15, 0.2) is 6.04 Å². The van der Waals surface area contributed by atoms with E-state index in [1.165, 1.54) is 9.96 Å². The lowest BCUT2D eigenvalue weighted by Gasteiger charge is -2.30. The first kappa shape index (κ1) is 19.3. The maximum absolute atomic E-state index is 13.1. The monoisotopic (exact) mass is 418 g/mol. The summed E-state index contributed by atoms with van der Waals surface area (Å²) in [6, 6.07) is 17.2. The first-order valence-electron chi connectivity index (χ1n) is 10.2. The number of carbonyl (C=O) groups excluding carboxylic acids is 1. The van der Waals surface area contributed by atoms with Gasteiger partial charge in [0.1, 0.15) is 12.6 Å². The maximum Gasteiger partial charge on any atom is 0.345 e. The molecule has 2 aliphatic heterocycles. The van der Waals surface area contributed by atoms with Crippen molar-refractivity contribution in [1.29, 1.82) is 0 Å². The summed E-state index contributed by atoms with van der Waals surface area (Å²) < 4.78 is 1.72. The average molecular weight is 418 g/mol. The van der Waals surface area contributed by atoms with Crippen molar-refractivity contribution in [3.8, 4) is 0 Å². The fourth-order valence-electron chi connectivity index (χ4n) is 4.41. The van der Waals surface area contributed by atoms with E-state index in [9.17, 15) is 14.7 Å². The van der Waals surface area contributed by atoms with Crippen molar-refractivity contribution in [3.05, 3.63) is 89.2 Å². The molecular weight excluding hydrogens is 396 g/mol. The molecule has 0 spiro atoms. The van der Waals surface area contributed by atoms with Gasteiger partial charge in [0.25, 0.3) is 0 Å². The molecule has 5 rings (SSSR count). The number of fused-ring (bicyclic) bond motifs is 4. The van der Waals surface area contributed by atoms with Gasteiger partial charge >= 0.3 is 12.0 Å². The quantitative estimate of drug-likeness (QED) is 0.662. The molecule has 1 saturated heterocycles. The summed E-state index contributed by atoms with van der Waals surface area (Å²) in [5, 5.41) is 15.9. The lowest BCUT2D eigenvalue weighted by atomic mass is 9.97. The third kappa shape index (κ3) is 3.16. The number of hydrogen-bond donors (Lipinski definition) is 1. The highest BCUT2D eigenvalue weighted by Crippen LogP contribution is 2.45. The van der Waals surface area contributed by atoms with Gasteiger partial charge in [-0.2, -0.15) is 10.2 Å². The Morgan fingerprint density at radius 3 is 2.52 bits per heavy atom. The summed E-state index contributed by atoms with van der Waals surface area (Å²) in [6.07, 6.45) is 1.67. The van der Waals surface area contributed by atoms with E-state index >= 15 is 0 Å². The number of carboxylic acid groups (broad SMARTS) is 1. The fraction of sp³-hybridized carbons (Fsp3) is 0.261. The summed E-state index contributed by atoms with van der Waals surface area (Å²) >= 11 is 0. The van der Waals surface area contributed by atoms with Gasteiger partial charge in [-0.3, -0.25) is 9.52 Å². The number of hydroxylamine groups is 2. The highest BCUT2D eigenvalue weighted by molar-refractivity contribution is 5.86. The second-order valence-corrected chi connectivity index (χ2v) is 7.79. The number of aromatic nitrogens is 2. The number of rotatable bonds is 6. The van der Waals surface area contributed by atoms with Gasteiger partial charge in [-0.1, -0.05) is 60.7 Å². The molecule has 3 unspecified atom stereocenters. The second kappa shape index (κ2) is 7.55. The van der Waals surface area contributed by atoms with E-state index in [-0.39, 0.29) is 19.2 Å². The van der Waals surface area contributed by atoms with Crippen LogP contribution in [0.1, 0.15) is 47.4 Å². The smallest absolute Gasteiger partial charge is 0.345 e. The van der Waals surface area contributed by atoms with Crippen molar-refractivity contribution in [2.45, 2.75) is 31.7 Å². The molecule has 0 radical (unpaired) electrons. The molecule has 1 aromatic heterocycles. The number of urea groups is 1. The second-order valence-electron chi connectivity index (χ2n) is 7.79. The number of hydrogen-bond acceptors (Lipinski definition) is 4. The topological polar surface area (TPSA) is 87.9 Å². The largest absolute Gasteiger partial charge is 0.479 e. The molecule has 1 N–H and O–H groups in total. The van der Waals surface area contributed by atoms with Crippen molar-refractivity contribution in [3.63, 3.8) is 0 Å². The highest BCUT2D eigenvalue weighted by atomic mass is 16.7. The van der Waals surface area contributed by atoms with Crippen LogP contribution in [0.3, 0.4) is 0 Å². The Balaban J connectivity index is 1.51. The third-order valence-electron chi connectivity index (χ3n) is 5.98. The Morgan fingerprint density at radius 1 is 1.16 bits per heavy atom. The molecule has 0 saturated carbocycles. The lowest BCUT2D eigenvalue weighted by Crippen LogP contribution is -2.40. The molecule has 8 heteroatoms. The molecule has 31 heavy (non-hydrogen) atoms. The highest BCUT2D eigenvalue weighted by Gasteiger charge is 2.53. The van der Waals surface area contributed by atoms with E-state index in [0.29, 0.717) is 11.3 Å². The number of carbonyl (C=O) groups is 2. The molecule has 2 aliphatic rings. The van der Waals surface area contributed by atoms with Crippen LogP contribution in [0.15, 0.2) is 66.9 Å². The van der Waals surface area contributed by atoms with Gasteiger partial charge < -0.3 is 10.0 Å². The van der Waals surface area contributed by atoms with Crippen LogP contribution in [-0.4, -0.2) is 43.4 Å². The number of benzene rings is 2. The maximum atomic E-state index is 13.1. The van der Waals surface area contributed by atoms with E-state index in [4.69, 9.17) is 4.84 Å². The molecule has 0 aliphatic carbocycles. The van der Waals surface area contributed by atoms with E-state index in [1.54, 1.807) is 10.9 Å². The van der Waals surface area contributed by atoms with E-state index in [2.05, 4.69) is 5.10 Å². The van der Waals surface area contributed by atoms with Crippen LogP contribution in [0.4, 0.5) is 4.79 Å². The zero-order valence-corrected chi connectivity index (χ0v) is 17.0. The molecule has 2 amide bonds. The Labute approximate surface area is 179 Å². The molecule has 8 nitrogen and oxygen atoms in total. The molecule has 158 valence electrons. The number of aliphatic carboxylic acids is 1. The Hall–Kier alpha value is -3.65. The minimum absolute atomic E-state index is 0.181. The van der Waals surface area contributed by atoms with Crippen molar-refractivity contribution >= 4 is 12.0 Å². The Morgan fingerprint density at radius 2 is 1.84 bits per heavy atom. The SMILES string of the molecule is CC(c1ccccc1)n1ncc2c1C(C(=O)O)N1CC2N(OCc2ccccc2)C1=O. The molecule has 2 aromatic carbocycles. The van der Waals surface area contributed by atoms with Crippen molar-refractivity contribution < 1.29 is 19.5 Å². The summed E-state index contributed by atoms with van der Waals surface area (Å²) in [5.74, 6) is -1.08. The minimum atomic E-state index is -1.11. The minimum Gasteiger partial charge on any atom is -0.479 e. The summed E-state index contributed by atoms with van der Waals surface area (Å²) in [7, 11) is 0. The zero-order valence-electron chi connectivity index (χ0n) is 17.0. The zero-order chi connectivity index (χ0) is 21.5. The first-order valence-corrected chi connectivity index (χ1v) is 10.2. The van der Waals surface area contributed by atoms with E-state index < -0.39 is 24.1 Å². The predicted molar refractivity (Wildman–Crippen MR) is 111 cm³/mol. The lowest BCUT2D eigenvalue weighted by molar-refractivity contribution is -0.143. The Kier molecular flexibility index (Phi) is 4.71. The molecule has 3 heterocycles. The number of amides is 2. The van der Waals surface area contributed by atoms with Gasteiger partial charge in [-0.05, 0) is 18.1 Å². The molecular formula is C23H22N4O4. The summed E-state index contributed by atoms with van der Waals surface area (Å²) in [5.41, 5.74) is 3.17. The van der Waals surface area contributed by atoms with Crippen LogP contribution < -0.4 is 0 Å².